The van der Waals surface area contributed by atoms with Crippen molar-refractivity contribution in [3.8, 4) is 6.07 Å². The van der Waals surface area contributed by atoms with Crippen LogP contribution in [0.4, 0.5) is 4.39 Å². The van der Waals surface area contributed by atoms with E-state index in [1.165, 1.54) is 0 Å². The maximum atomic E-state index is 14.6. The van der Waals surface area contributed by atoms with Gasteiger partial charge in [0, 0.05) is 24.7 Å². The molecule has 2 aromatic rings. The second-order valence-corrected chi connectivity index (χ2v) is 8.47. The molecule has 4 rings (SSSR count). The van der Waals surface area contributed by atoms with Crippen LogP contribution in [0, 0.1) is 29.0 Å². The van der Waals surface area contributed by atoms with E-state index in [1.807, 2.05) is 12.1 Å². The van der Waals surface area contributed by atoms with Gasteiger partial charge in [-0.05, 0) is 67.0 Å². The zero-order valence-corrected chi connectivity index (χ0v) is 16.0. The number of rotatable bonds is 5. The first-order chi connectivity index (χ1) is 13.0. The van der Waals surface area contributed by atoms with E-state index in [-0.39, 0.29) is 16.8 Å². The highest BCUT2D eigenvalue weighted by Crippen LogP contribution is 2.60. The minimum atomic E-state index is -0.354. The highest BCUT2D eigenvalue weighted by molar-refractivity contribution is 5.50. The Kier molecular flexibility index (Phi) is 4.69. The van der Waals surface area contributed by atoms with Crippen LogP contribution in [-0.4, -0.2) is 28.2 Å². The molecule has 1 aliphatic carbocycles. The summed E-state index contributed by atoms with van der Waals surface area (Å²) < 4.78 is 14.6. The lowest BCUT2D eigenvalue weighted by Crippen LogP contribution is -2.36. The average Bonchev–Trinajstić information content (AvgIpc) is 3.36. The summed E-state index contributed by atoms with van der Waals surface area (Å²) in [5.41, 5.74) is 3.18. The van der Waals surface area contributed by atoms with Crippen molar-refractivity contribution >= 4 is 0 Å². The number of nitrogens with zero attached hydrogens (tertiary/aromatic N) is 4. The molecule has 0 radical (unpaired) electrons. The van der Waals surface area contributed by atoms with Crippen LogP contribution in [0.25, 0.3) is 0 Å². The highest BCUT2D eigenvalue weighted by Gasteiger charge is 2.58. The van der Waals surface area contributed by atoms with Crippen LogP contribution in [-0.2, 0) is 18.4 Å². The Morgan fingerprint density at radius 1 is 1.41 bits per heavy atom. The predicted molar refractivity (Wildman–Crippen MR) is 101 cm³/mol. The maximum Gasteiger partial charge on any atom is 0.141 e. The van der Waals surface area contributed by atoms with E-state index in [1.54, 1.807) is 12.3 Å². The summed E-state index contributed by atoms with van der Waals surface area (Å²) in [4.78, 5) is 2.40. The van der Waals surface area contributed by atoms with E-state index >= 15 is 0 Å². The van der Waals surface area contributed by atoms with Crippen LogP contribution in [0.3, 0.4) is 0 Å². The minimum absolute atomic E-state index is 0.0161. The standard InChI is InChI=1S/C22H25FN4/c1-15(2)8-16-9-20(19(12-24)21(23)10-16)22-5-7-27(13-17(22)11-22)14-18-4-3-6-25-26-18/h3-4,6,9-10,15,17H,5,7-8,11,13-14H2,1-2H3. The van der Waals surface area contributed by atoms with E-state index in [9.17, 15) is 9.65 Å². The lowest BCUT2D eigenvalue weighted by molar-refractivity contribution is 0.196. The molecule has 4 nitrogen and oxygen atoms in total. The molecular formula is C22H25FN4. The average molecular weight is 364 g/mol. The molecule has 2 aliphatic rings. The molecule has 2 heterocycles. The molecule has 1 saturated carbocycles. The Hall–Kier alpha value is -2.32. The van der Waals surface area contributed by atoms with Crippen molar-refractivity contribution in [1.29, 1.82) is 5.26 Å². The number of hydrogen-bond acceptors (Lipinski definition) is 4. The molecule has 0 N–H and O–H groups in total. The predicted octanol–water partition coefficient (Wildman–Crippen LogP) is 3.85. The summed E-state index contributed by atoms with van der Waals surface area (Å²) in [5.74, 6) is 0.600. The van der Waals surface area contributed by atoms with Gasteiger partial charge in [0.05, 0.1) is 11.3 Å². The van der Waals surface area contributed by atoms with Crippen molar-refractivity contribution < 1.29 is 4.39 Å². The zero-order chi connectivity index (χ0) is 19.0. The fraction of sp³-hybridized carbons (Fsp3) is 0.500. The third-order valence-corrected chi connectivity index (χ3v) is 6.04. The fourth-order valence-electron chi connectivity index (χ4n) is 4.70. The van der Waals surface area contributed by atoms with E-state index in [4.69, 9.17) is 0 Å². The summed E-state index contributed by atoms with van der Waals surface area (Å²) >= 11 is 0. The van der Waals surface area contributed by atoms with Gasteiger partial charge in [-0.3, -0.25) is 4.90 Å². The number of nitriles is 1. The normalized spacial score (nSPS) is 24.5. The summed E-state index contributed by atoms with van der Waals surface area (Å²) in [5, 5.41) is 17.7. The highest BCUT2D eigenvalue weighted by atomic mass is 19.1. The van der Waals surface area contributed by atoms with E-state index < -0.39 is 0 Å². The molecule has 27 heavy (non-hydrogen) atoms. The van der Waals surface area contributed by atoms with Gasteiger partial charge in [0.2, 0.25) is 0 Å². The van der Waals surface area contributed by atoms with Crippen LogP contribution >= 0.6 is 0 Å². The summed E-state index contributed by atoms with van der Waals surface area (Å²) in [6.07, 6.45) is 4.54. The molecule has 2 unspecified atom stereocenters. The summed E-state index contributed by atoms with van der Waals surface area (Å²) in [7, 11) is 0. The van der Waals surface area contributed by atoms with Crippen molar-refractivity contribution in [3.05, 3.63) is 58.7 Å². The number of hydrogen-bond donors (Lipinski definition) is 0. The Bertz CT molecular complexity index is 874. The molecule has 1 aromatic carbocycles. The zero-order valence-electron chi connectivity index (χ0n) is 16.0. The first-order valence-electron chi connectivity index (χ1n) is 9.74. The molecule has 2 atom stereocenters. The Morgan fingerprint density at radius 2 is 2.26 bits per heavy atom. The van der Waals surface area contributed by atoms with Gasteiger partial charge >= 0.3 is 0 Å². The minimum Gasteiger partial charge on any atom is -0.297 e. The van der Waals surface area contributed by atoms with Crippen LogP contribution in [0.1, 0.15) is 49.1 Å². The lowest BCUT2D eigenvalue weighted by Gasteiger charge is -2.32. The monoisotopic (exact) mass is 364 g/mol. The third kappa shape index (κ3) is 3.46. The first-order valence-corrected chi connectivity index (χ1v) is 9.74. The number of halogens is 1. The SMILES string of the molecule is CC(C)Cc1cc(F)c(C#N)c(C23CCN(Cc4cccnn4)CC2C3)c1. The summed E-state index contributed by atoms with van der Waals surface area (Å²) in [6.45, 7) is 6.98. The smallest absolute Gasteiger partial charge is 0.141 e. The molecule has 1 aliphatic heterocycles. The van der Waals surface area contributed by atoms with E-state index in [0.29, 0.717) is 11.8 Å². The second kappa shape index (κ2) is 7.01. The van der Waals surface area contributed by atoms with Gasteiger partial charge in [-0.2, -0.15) is 15.5 Å². The van der Waals surface area contributed by atoms with Crippen LogP contribution in [0.15, 0.2) is 30.5 Å². The number of piperidine rings is 1. The third-order valence-electron chi connectivity index (χ3n) is 6.04. The molecule has 0 bridgehead atoms. The molecule has 1 saturated heterocycles. The number of fused-ring (bicyclic) bond motifs is 1. The van der Waals surface area contributed by atoms with E-state index in [2.05, 4.69) is 41.1 Å². The van der Waals surface area contributed by atoms with Gasteiger partial charge in [0.15, 0.2) is 0 Å². The van der Waals surface area contributed by atoms with Crippen molar-refractivity contribution in [2.45, 2.75) is 45.1 Å². The molecular weight excluding hydrogens is 339 g/mol. The van der Waals surface area contributed by atoms with Gasteiger partial charge < -0.3 is 0 Å². The molecule has 2 fully saturated rings. The Morgan fingerprint density at radius 3 is 2.93 bits per heavy atom. The van der Waals surface area contributed by atoms with Gasteiger partial charge in [-0.25, -0.2) is 4.39 Å². The topological polar surface area (TPSA) is 52.8 Å². The van der Waals surface area contributed by atoms with Crippen LogP contribution in [0.5, 0.6) is 0 Å². The molecule has 5 heteroatoms. The van der Waals surface area contributed by atoms with Crippen molar-refractivity contribution in [2.24, 2.45) is 11.8 Å². The van der Waals surface area contributed by atoms with Gasteiger partial charge in [-0.15, -0.1) is 0 Å². The molecule has 140 valence electrons. The van der Waals surface area contributed by atoms with Crippen molar-refractivity contribution in [3.63, 3.8) is 0 Å². The second-order valence-electron chi connectivity index (χ2n) is 8.47. The van der Waals surface area contributed by atoms with Gasteiger partial charge in [-0.1, -0.05) is 19.9 Å². The number of likely N-dealkylation sites (tertiary alicyclic amines) is 1. The van der Waals surface area contributed by atoms with E-state index in [0.717, 1.165) is 55.7 Å². The van der Waals surface area contributed by atoms with Gasteiger partial charge in [0.25, 0.3) is 0 Å². The summed E-state index contributed by atoms with van der Waals surface area (Å²) in [6, 6.07) is 9.72. The fourth-order valence-corrected chi connectivity index (χ4v) is 4.70. The molecule has 1 aromatic heterocycles. The largest absolute Gasteiger partial charge is 0.297 e. The van der Waals surface area contributed by atoms with Gasteiger partial charge in [0.1, 0.15) is 11.9 Å². The van der Waals surface area contributed by atoms with Crippen molar-refractivity contribution in [1.82, 2.24) is 15.1 Å². The first kappa shape index (κ1) is 18.1. The Balaban J connectivity index is 1.55. The van der Waals surface area contributed by atoms with Crippen LogP contribution < -0.4 is 0 Å². The number of aromatic nitrogens is 2. The lowest BCUT2D eigenvalue weighted by atomic mass is 9.82. The Labute approximate surface area is 160 Å². The van der Waals surface area contributed by atoms with Crippen LogP contribution in [0.2, 0.25) is 0 Å². The quantitative estimate of drug-likeness (QED) is 0.809. The molecule has 0 spiro atoms. The molecule has 0 amide bonds. The maximum absolute atomic E-state index is 14.6. The van der Waals surface area contributed by atoms with Crippen molar-refractivity contribution in [2.75, 3.05) is 13.1 Å². The number of benzene rings is 1.